The molecule has 0 saturated carbocycles. The number of rotatable bonds is 16. The van der Waals surface area contributed by atoms with Crippen molar-refractivity contribution in [3.05, 3.63) is 132 Å². The molecule has 410 valence electrons. The third kappa shape index (κ3) is 13.3. The summed E-state index contributed by atoms with van der Waals surface area (Å²) in [6.07, 6.45) is 2.14. The molecular weight excluding hydrogens is 1290 g/mol. The van der Waals surface area contributed by atoms with E-state index < -0.39 is 17.3 Å². The average Bonchev–Trinajstić information content (AvgIpc) is 4.29. The van der Waals surface area contributed by atoms with Crippen molar-refractivity contribution in [2.75, 3.05) is 0 Å². The van der Waals surface area contributed by atoms with Crippen molar-refractivity contribution in [3.8, 4) is 40.8 Å². The van der Waals surface area contributed by atoms with Crippen LogP contribution in [0.2, 0.25) is 5.15 Å². The number of ether oxygens (including phenoxy) is 4. The van der Waals surface area contributed by atoms with Gasteiger partial charge in [0.2, 0.25) is 5.95 Å². The summed E-state index contributed by atoms with van der Waals surface area (Å²) in [7, 11) is 5.97. The van der Waals surface area contributed by atoms with Gasteiger partial charge in [0.15, 0.2) is 25.2 Å². The molecule has 0 aliphatic rings. The SMILES string of the molecule is [3H]c1csc(OCc2c(Br)nsc2-n2nnn(C)c2=O)n1.[3H]c1csc(OCc2c(Cl)nsc2-n2nnn(C)c2=O)n1.[3H]c1csc(OCc2c(F)nsc2-n2nnn(C)c2=O)n1.[3H]c1csc(OCc2cnsc2-n2nnn(C)c2=O)n1. The topological polar surface area (TPSA) is 351 Å². The van der Waals surface area contributed by atoms with Crippen LogP contribution in [0.1, 0.15) is 27.7 Å². The molecule has 0 aliphatic heterocycles. The maximum atomic E-state index is 13.7. The predicted octanol–water partition coefficient (Wildman–Crippen LogP) is 3.39. The van der Waals surface area contributed by atoms with Gasteiger partial charge in [0.25, 0.3) is 20.8 Å². The number of aryl methyl sites for hydroxylation is 4. The van der Waals surface area contributed by atoms with Crippen LogP contribution in [0.4, 0.5) is 4.39 Å². The summed E-state index contributed by atoms with van der Waals surface area (Å²) in [6.45, 7) is 0.248. The second kappa shape index (κ2) is 25.9. The van der Waals surface area contributed by atoms with E-state index in [9.17, 15) is 23.6 Å². The van der Waals surface area contributed by atoms with Crippen molar-refractivity contribution >= 4 is 119 Å². The highest BCUT2D eigenvalue weighted by molar-refractivity contribution is 9.10. The molecule has 43 heteroatoms. The van der Waals surface area contributed by atoms with Crippen LogP contribution in [0, 0.1) is 5.95 Å². The first-order valence-corrected chi connectivity index (χ1v) is 28.6. The summed E-state index contributed by atoms with van der Waals surface area (Å²) in [6, 6.07) is 0. The number of aromatic nitrogens is 24. The Morgan fingerprint density at radius 3 is 1.29 bits per heavy atom. The summed E-state index contributed by atoms with van der Waals surface area (Å²) >= 11 is 18.2. The lowest BCUT2D eigenvalue weighted by Crippen LogP contribution is -2.22. The van der Waals surface area contributed by atoms with Crippen LogP contribution in [0.5, 0.6) is 20.8 Å². The van der Waals surface area contributed by atoms with E-state index in [1.165, 1.54) is 76.9 Å². The Kier molecular flexibility index (Phi) is 16.7. The number of hydrogen-bond acceptors (Lipinski definition) is 32. The smallest absolute Gasteiger partial charge is 0.369 e. The third-order valence-electron chi connectivity index (χ3n) is 9.28. The van der Waals surface area contributed by atoms with Crippen LogP contribution in [-0.2, 0) is 54.6 Å². The van der Waals surface area contributed by atoms with Gasteiger partial charge in [0.1, 0.15) is 31.0 Å². The highest BCUT2D eigenvalue weighted by Crippen LogP contribution is 2.30. The first kappa shape index (κ1) is 50.9. The second-order valence-electron chi connectivity index (χ2n) is 14.2. The molecular formula is C36H29BrClFN24O8S8. The molecule has 0 unspecified atom stereocenters. The van der Waals surface area contributed by atoms with E-state index >= 15 is 0 Å². The standard InChI is InChI=1S/C9H7BrN6O2S2.C9H7ClN6O2S2.C9H7FN6O2S2.C9H8N6O2S2/c3*1-15-9(17)16(14-13-15)7-5(6(10)12-20-7)4-18-8-11-2-3-19-8;1-14-9(16)15(13-12-14)7-6(4-11-19-7)5-17-8-10-2-3-18-8/h3*2-3H,4H2,1H3;2-4H,5H2,1H3/i4*2T. The van der Waals surface area contributed by atoms with E-state index in [4.69, 9.17) is 36.0 Å². The van der Waals surface area contributed by atoms with Crippen LogP contribution in [0.25, 0.3) is 20.0 Å². The molecule has 0 bridgehead atoms. The number of tetrazole rings is 4. The van der Waals surface area contributed by atoms with E-state index in [0.717, 1.165) is 85.6 Å². The molecule has 12 aromatic heterocycles. The zero-order chi connectivity index (χ0) is 59.1. The number of hydrogen-bond donors (Lipinski definition) is 0. The molecule has 0 amide bonds. The molecule has 0 saturated heterocycles. The Hall–Kier alpha value is -7.58. The zero-order valence-corrected chi connectivity index (χ0v) is 48.5. The Balaban J connectivity index is 0.000000133. The zero-order valence-electron chi connectivity index (χ0n) is 43.6. The number of nitrogens with zero attached hydrogens (tertiary/aromatic N) is 24. The molecule has 0 spiro atoms. The second-order valence-corrected chi connectivity index (χ2v) is 21.7. The Labute approximate surface area is 488 Å². The van der Waals surface area contributed by atoms with E-state index in [2.05, 4.69) is 95.1 Å². The molecule has 0 N–H and O–H groups in total. The van der Waals surface area contributed by atoms with Crippen LogP contribution >= 0.6 is 119 Å². The highest BCUT2D eigenvalue weighted by atomic mass is 79.9. The molecule has 0 fully saturated rings. The summed E-state index contributed by atoms with van der Waals surface area (Å²) in [4.78, 5) is 62.8. The molecule has 79 heavy (non-hydrogen) atoms. The average molecular weight is 1320 g/mol. The molecule has 12 heterocycles. The molecule has 12 aromatic rings. The van der Waals surface area contributed by atoms with Crippen molar-refractivity contribution in [2.24, 2.45) is 28.2 Å². The molecule has 32 nitrogen and oxygen atoms in total. The van der Waals surface area contributed by atoms with E-state index in [-0.39, 0.29) is 83.4 Å². The lowest BCUT2D eigenvalue weighted by atomic mass is 10.3. The van der Waals surface area contributed by atoms with Gasteiger partial charge in [-0.2, -0.15) is 40.6 Å². The largest absolute Gasteiger partial charge is 0.465 e. The fraction of sp³-hybridized carbons (Fsp3) is 0.222. The fourth-order valence-electron chi connectivity index (χ4n) is 5.54. The minimum Gasteiger partial charge on any atom is -0.465 e. The maximum absolute atomic E-state index is 13.7. The highest BCUT2D eigenvalue weighted by Gasteiger charge is 2.23. The number of thiazole rings is 4. The quantitative estimate of drug-likeness (QED) is 0.134. The van der Waals surface area contributed by atoms with Gasteiger partial charge < -0.3 is 18.9 Å². The monoisotopic (exact) mass is 1320 g/mol. The van der Waals surface area contributed by atoms with Gasteiger partial charge in [-0.1, -0.05) is 56.9 Å². The van der Waals surface area contributed by atoms with Crippen LogP contribution < -0.4 is 41.7 Å². The lowest BCUT2D eigenvalue weighted by Gasteiger charge is -2.03. The molecule has 0 radical (unpaired) electrons. The molecule has 0 aliphatic carbocycles. The summed E-state index contributed by atoms with van der Waals surface area (Å²) in [5.41, 5.74) is 0.356. The minimum atomic E-state index is -0.741. The number of halogens is 3. The molecule has 0 atom stereocenters. The Morgan fingerprint density at radius 2 is 0.873 bits per heavy atom. The Bertz CT molecular complexity index is 4080. The van der Waals surface area contributed by atoms with E-state index in [1.54, 1.807) is 22.3 Å². The third-order valence-corrected chi connectivity index (χ3v) is 16.5. The normalized spacial score (nSPS) is 11.6. The van der Waals surface area contributed by atoms with E-state index in [0.29, 0.717) is 51.9 Å². The first-order chi connectivity index (χ1) is 39.8. The van der Waals surface area contributed by atoms with Gasteiger partial charge in [-0.25, -0.2) is 39.1 Å². The van der Waals surface area contributed by atoms with Gasteiger partial charge in [0.05, 0.1) is 22.2 Å². The van der Waals surface area contributed by atoms with Crippen LogP contribution in [0.3, 0.4) is 0 Å². The van der Waals surface area contributed by atoms with Gasteiger partial charge >= 0.3 is 22.8 Å². The van der Waals surface area contributed by atoms with Crippen molar-refractivity contribution in [1.82, 2.24) is 117 Å². The van der Waals surface area contributed by atoms with Crippen LogP contribution in [-0.4, -0.2) is 117 Å². The van der Waals surface area contributed by atoms with E-state index in [1.807, 2.05) is 0 Å². The van der Waals surface area contributed by atoms with Gasteiger partial charge in [-0.3, -0.25) is 0 Å². The minimum absolute atomic E-state index is 0.0701. The summed E-state index contributed by atoms with van der Waals surface area (Å²) < 4.78 is 89.9. The van der Waals surface area contributed by atoms with Gasteiger partial charge in [-0.15, -0.1) is 18.7 Å². The first-order valence-electron chi connectivity index (χ1n) is 22.9. The maximum Gasteiger partial charge on any atom is 0.369 e. The summed E-state index contributed by atoms with van der Waals surface area (Å²) in [5, 5.41) is 39.0. The van der Waals surface area contributed by atoms with Crippen molar-refractivity contribution in [2.45, 2.75) is 26.4 Å². The van der Waals surface area contributed by atoms with Crippen molar-refractivity contribution < 1.29 is 28.8 Å². The van der Waals surface area contributed by atoms with Crippen LogP contribution in [0.15, 0.2) is 76.2 Å². The predicted molar refractivity (Wildman–Crippen MR) is 288 cm³/mol. The summed E-state index contributed by atoms with van der Waals surface area (Å²) in [5.74, 6) is -0.741. The Morgan fingerprint density at radius 1 is 0.506 bits per heavy atom. The fourth-order valence-corrected chi connectivity index (χ4v) is 11.1. The molecule has 0 aromatic carbocycles. The van der Waals surface area contributed by atoms with Gasteiger partial charge in [-0.05, 0) is 104 Å². The molecule has 12 rings (SSSR count). The lowest BCUT2D eigenvalue weighted by molar-refractivity contribution is 0.297. The van der Waals surface area contributed by atoms with Crippen molar-refractivity contribution in [1.29, 1.82) is 0 Å². The van der Waals surface area contributed by atoms with Gasteiger partial charge in [0, 0.05) is 86.2 Å². The van der Waals surface area contributed by atoms with Crippen molar-refractivity contribution in [3.63, 3.8) is 0 Å².